The number of hydrogen-bond acceptors (Lipinski definition) is 5. The molecule has 0 aromatic heterocycles. The van der Waals surface area contributed by atoms with Crippen molar-refractivity contribution in [1.82, 2.24) is 4.72 Å². The number of sulfonamides is 1. The average molecular weight is 364 g/mol. The van der Waals surface area contributed by atoms with Crippen LogP contribution in [0.1, 0.15) is 5.56 Å². The fourth-order valence-electron chi connectivity index (χ4n) is 2.11. The zero-order valence-corrected chi connectivity index (χ0v) is 15.0. The predicted octanol–water partition coefficient (Wildman–Crippen LogP) is 1.93. The highest BCUT2D eigenvalue weighted by atomic mass is 32.2. The molecular formula is C17H20N2O5S. The van der Waals surface area contributed by atoms with E-state index in [1.54, 1.807) is 12.1 Å². The molecule has 0 heterocycles. The van der Waals surface area contributed by atoms with Gasteiger partial charge in [0, 0.05) is 0 Å². The van der Waals surface area contributed by atoms with Crippen molar-refractivity contribution in [2.45, 2.75) is 11.8 Å². The number of ether oxygens (including phenoxy) is 2. The smallest absolute Gasteiger partial charge is 0.241 e. The van der Waals surface area contributed by atoms with E-state index in [-0.39, 0.29) is 4.90 Å². The minimum absolute atomic E-state index is 0.0502. The van der Waals surface area contributed by atoms with Crippen molar-refractivity contribution in [3.8, 4) is 11.5 Å². The van der Waals surface area contributed by atoms with E-state index >= 15 is 0 Å². The normalized spacial score (nSPS) is 11.0. The van der Waals surface area contributed by atoms with Crippen LogP contribution in [0.5, 0.6) is 11.5 Å². The molecule has 0 aliphatic heterocycles. The van der Waals surface area contributed by atoms with Crippen molar-refractivity contribution in [3.63, 3.8) is 0 Å². The molecule has 0 fully saturated rings. The quantitative estimate of drug-likeness (QED) is 0.783. The number of nitrogens with one attached hydrogen (secondary N) is 2. The van der Waals surface area contributed by atoms with E-state index in [9.17, 15) is 13.2 Å². The van der Waals surface area contributed by atoms with Crippen LogP contribution in [0, 0.1) is 6.92 Å². The van der Waals surface area contributed by atoms with Crippen LogP contribution >= 0.6 is 0 Å². The first-order valence-electron chi connectivity index (χ1n) is 7.44. The predicted molar refractivity (Wildman–Crippen MR) is 94.5 cm³/mol. The van der Waals surface area contributed by atoms with Crippen LogP contribution in [0.15, 0.2) is 47.4 Å². The third-order valence-electron chi connectivity index (χ3n) is 3.42. The summed E-state index contributed by atoms with van der Waals surface area (Å²) >= 11 is 0. The molecule has 0 aliphatic carbocycles. The highest BCUT2D eigenvalue weighted by Gasteiger charge is 2.16. The van der Waals surface area contributed by atoms with Crippen LogP contribution in [-0.4, -0.2) is 35.1 Å². The lowest BCUT2D eigenvalue weighted by Gasteiger charge is -2.12. The Morgan fingerprint density at radius 3 is 2.32 bits per heavy atom. The molecule has 2 rings (SSSR count). The minimum Gasteiger partial charge on any atom is -0.497 e. The molecule has 2 aromatic rings. The maximum absolute atomic E-state index is 12.2. The van der Waals surface area contributed by atoms with Crippen LogP contribution in [0.25, 0.3) is 0 Å². The van der Waals surface area contributed by atoms with Crippen molar-refractivity contribution >= 4 is 21.6 Å². The SMILES string of the molecule is COc1ccc(S(=O)(=O)NCC(=O)Nc2cc(C)ccc2OC)cc1. The summed E-state index contributed by atoms with van der Waals surface area (Å²) in [5.74, 6) is 0.543. The van der Waals surface area contributed by atoms with Gasteiger partial charge in [0.25, 0.3) is 0 Å². The fraction of sp³-hybridized carbons (Fsp3) is 0.235. The van der Waals surface area contributed by atoms with E-state index in [0.717, 1.165) is 5.56 Å². The van der Waals surface area contributed by atoms with Crippen molar-refractivity contribution in [3.05, 3.63) is 48.0 Å². The molecule has 134 valence electrons. The first-order chi connectivity index (χ1) is 11.9. The van der Waals surface area contributed by atoms with Crippen LogP contribution in [0.3, 0.4) is 0 Å². The molecule has 25 heavy (non-hydrogen) atoms. The highest BCUT2D eigenvalue weighted by Crippen LogP contribution is 2.25. The van der Waals surface area contributed by atoms with Crippen LogP contribution in [0.4, 0.5) is 5.69 Å². The number of hydrogen-bond donors (Lipinski definition) is 2. The van der Waals surface area contributed by atoms with Crippen molar-refractivity contribution in [1.29, 1.82) is 0 Å². The lowest BCUT2D eigenvalue weighted by atomic mass is 10.2. The molecule has 8 heteroatoms. The van der Waals surface area contributed by atoms with Gasteiger partial charge in [0.15, 0.2) is 0 Å². The summed E-state index contributed by atoms with van der Waals surface area (Å²) in [6, 6.07) is 11.2. The van der Waals surface area contributed by atoms with Gasteiger partial charge in [-0.05, 0) is 48.9 Å². The molecule has 0 spiro atoms. The van der Waals surface area contributed by atoms with E-state index in [0.29, 0.717) is 17.2 Å². The Morgan fingerprint density at radius 1 is 1.04 bits per heavy atom. The van der Waals surface area contributed by atoms with E-state index in [4.69, 9.17) is 9.47 Å². The van der Waals surface area contributed by atoms with Crippen LogP contribution in [0.2, 0.25) is 0 Å². The van der Waals surface area contributed by atoms with Gasteiger partial charge in [-0.25, -0.2) is 13.1 Å². The zero-order chi connectivity index (χ0) is 18.4. The number of rotatable bonds is 7. The van der Waals surface area contributed by atoms with Gasteiger partial charge in [-0.3, -0.25) is 4.79 Å². The van der Waals surface area contributed by atoms with E-state index < -0.39 is 22.5 Å². The van der Waals surface area contributed by atoms with Gasteiger partial charge in [0.2, 0.25) is 15.9 Å². The van der Waals surface area contributed by atoms with Gasteiger partial charge in [0.1, 0.15) is 11.5 Å². The highest BCUT2D eigenvalue weighted by molar-refractivity contribution is 7.89. The lowest BCUT2D eigenvalue weighted by molar-refractivity contribution is -0.115. The third-order valence-corrected chi connectivity index (χ3v) is 4.84. The summed E-state index contributed by atoms with van der Waals surface area (Å²) < 4.78 is 36.8. The minimum atomic E-state index is -3.79. The Morgan fingerprint density at radius 2 is 1.72 bits per heavy atom. The molecule has 0 bridgehead atoms. The third kappa shape index (κ3) is 4.94. The van der Waals surface area contributed by atoms with Gasteiger partial charge in [-0.1, -0.05) is 6.07 Å². The number of carbonyl (C=O) groups excluding carboxylic acids is 1. The van der Waals surface area contributed by atoms with E-state index in [1.165, 1.54) is 38.5 Å². The summed E-state index contributed by atoms with van der Waals surface area (Å²) in [5.41, 5.74) is 1.42. The largest absolute Gasteiger partial charge is 0.497 e. The monoisotopic (exact) mass is 364 g/mol. The lowest BCUT2D eigenvalue weighted by Crippen LogP contribution is -2.33. The van der Waals surface area contributed by atoms with E-state index in [2.05, 4.69) is 10.0 Å². The van der Waals surface area contributed by atoms with E-state index in [1.807, 2.05) is 13.0 Å². The first-order valence-corrected chi connectivity index (χ1v) is 8.92. The Bertz CT molecular complexity index is 848. The molecule has 0 aliphatic rings. The Hall–Kier alpha value is -2.58. The number of carbonyl (C=O) groups is 1. The summed E-state index contributed by atoms with van der Waals surface area (Å²) in [7, 11) is -0.810. The molecule has 0 unspecified atom stereocenters. The molecule has 0 radical (unpaired) electrons. The Balaban J connectivity index is 2.02. The number of benzene rings is 2. The zero-order valence-electron chi connectivity index (χ0n) is 14.2. The first kappa shape index (κ1) is 18.8. The topological polar surface area (TPSA) is 93.7 Å². The number of amides is 1. The van der Waals surface area contributed by atoms with Crippen molar-refractivity contribution < 1.29 is 22.7 Å². The maximum atomic E-state index is 12.2. The molecule has 0 saturated carbocycles. The van der Waals surface area contributed by atoms with Gasteiger partial charge >= 0.3 is 0 Å². The second-order valence-electron chi connectivity index (χ2n) is 5.25. The van der Waals surface area contributed by atoms with Crippen LogP contribution in [-0.2, 0) is 14.8 Å². The van der Waals surface area contributed by atoms with Gasteiger partial charge < -0.3 is 14.8 Å². The second kappa shape index (κ2) is 8.00. The second-order valence-corrected chi connectivity index (χ2v) is 7.02. The molecule has 0 atom stereocenters. The van der Waals surface area contributed by atoms with Gasteiger partial charge in [-0.2, -0.15) is 0 Å². The molecule has 7 nitrogen and oxygen atoms in total. The van der Waals surface area contributed by atoms with Gasteiger partial charge in [0.05, 0.1) is 31.3 Å². The molecular weight excluding hydrogens is 344 g/mol. The van der Waals surface area contributed by atoms with Gasteiger partial charge in [-0.15, -0.1) is 0 Å². The average Bonchev–Trinajstić information content (AvgIpc) is 2.60. The Labute approximate surface area is 147 Å². The fourth-order valence-corrected chi connectivity index (χ4v) is 3.09. The number of anilines is 1. The Kier molecular flexibility index (Phi) is 6.00. The molecule has 2 aromatic carbocycles. The number of methoxy groups -OCH3 is 2. The summed E-state index contributed by atoms with van der Waals surface area (Å²) in [6.07, 6.45) is 0. The van der Waals surface area contributed by atoms with Crippen molar-refractivity contribution in [2.75, 3.05) is 26.1 Å². The summed E-state index contributed by atoms with van der Waals surface area (Å²) in [6.45, 7) is 1.48. The standard InChI is InChI=1S/C17H20N2O5S/c1-12-4-9-16(24-3)15(10-12)19-17(20)11-18-25(21,22)14-7-5-13(23-2)6-8-14/h4-10,18H,11H2,1-3H3,(H,19,20). The maximum Gasteiger partial charge on any atom is 0.241 e. The van der Waals surface area contributed by atoms with Crippen molar-refractivity contribution in [2.24, 2.45) is 0 Å². The van der Waals surface area contributed by atoms with Crippen LogP contribution < -0.4 is 19.5 Å². The summed E-state index contributed by atoms with van der Waals surface area (Å²) in [4.78, 5) is 12.1. The molecule has 1 amide bonds. The molecule has 2 N–H and O–H groups in total. The molecule has 0 saturated heterocycles. The summed E-state index contributed by atoms with van der Waals surface area (Å²) in [5, 5.41) is 2.63. The number of aryl methyl sites for hydroxylation is 1.